The number of nitrogens with zero attached hydrogens (tertiary/aromatic N) is 1. The van der Waals surface area contributed by atoms with Gasteiger partial charge in [-0.15, -0.1) is 0 Å². The lowest BCUT2D eigenvalue weighted by Gasteiger charge is -2.15. The van der Waals surface area contributed by atoms with Gasteiger partial charge in [-0.25, -0.2) is 9.78 Å². The summed E-state index contributed by atoms with van der Waals surface area (Å²) in [6.45, 7) is 5.26. The number of carbonyl (C=O) groups is 1. The number of carbonyl (C=O) groups excluding carboxylic acids is 1. The van der Waals surface area contributed by atoms with E-state index < -0.39 is 6.09 Å². The van der Waals surface area contributed by atoms with Crippen molar-refractivity contribution in [2.24, 2.45) is 0 Å². The van der Waals surface area contributed by atoms with E-state index in [4.69, 9.17) is 28.4 Å². The van der Waals surface area contributed by atoms with Crippen molar-refractivity contribution in [3.8, 4) is 40.4 Å². The van der Waals surface area contributed by atoms with E-state index in [2.05, 4.69) is 10.3 Å². The van der Waals surface area contributed by atoms with Crippen molar-refractivity contribution in [1.82, 2.24) is 10.3 Å². The highest BCUT2D eigenvalue weighted by Crippen LogP contribution is 2.24. The standard InChI is InChI=1S/C20H19NO3.C17H19NO4/c1-16(23-20-9-5-6-14-21-20)15-22-17-10-12-19(13-11-17)24-18-7-3-2-4-8-18;1-2-20-17(19)18-12-13-21-14-8-10-16(11-9-14)22-15-6-4-3-5-7-15/h2-14,16H,15H2,1H3;3-11H,2,12-13H2,1H3,(H,18,19). The third-order valence-corrected chi connectivity index (χ3v) is 5.97. The maximum absolute atomic E-state index is 11.1. The average molecular weight is 623 g/mol. The average Bonchev–Trinajstić information content (AvgIpc) is 3.09. The molecule has 0 aliphatic carbocycles. The summed E-state index contributed by atoms with van der Waals surface area (Å²) in [5.41, 5.74) is 0. The highest BCUT2D eigenvalue weighted by atomic mass is 16.5. The monoisotopic (exact) mass is 622 g/mol. The fraction of sp³-hybridized carbons (Fsp3) is 0.189. The molecule has 1 amide bonds. The Balaban J connectivity index is 0.000000210. The van der Waals surface area contributed by atoms with Crippen LogP contribution in [-0.4, -0.2) is 43.5 Å². The Kier molecular flexibility index (Phi) is 13.6. The van der Waals surface area contributed by atoms with Crippen molar-refractivity contribution in [2.75, 3.05) is 26.4 Å². The first-order valence-corrected chi connectivity index (χ1v) is 15.0. The number of amides is 1. The van der Waals surface area contributed by atoms with Crippen LogP contribution in [0.5, 0.6) is 40.4 Å². The molecule has 4 aromatic carbocycles. The predicted octanol–water partition coefficient (Wildman–Crippen LogP) is 8.32. The molecule has 0 fully saturated rings. The molecule has 1 aromatic heterocycles. The minimum absolute atomic E-state index is 0.0971. The molecule has 9 heteroatoms. The zero-order valence-corrected chi connectivity index (χ0v) is 25.9. The summed E-state index contributed by atoms with van der Waals surface area (Å²) in [4.78, 5) is 15.2. The molecule has 0 spiro atoms. The van der Waals surface area contributed by atoms with Crippen LogP contribution in [0, 0.1) is 0 Å². The number of alkyl carbamates (subject to hydrolysis) is 1. The number of hydrogen-bond donors (Lipinski definition) is 1. The van der Waals surface area contributed by atoms with Crippen molar-refractivity contribution >= 4 is 6.09 Å². The number of para-hydroxylation sites is 2. The third-order valence-electron chi connectivity index (χ3n) is 5.97. The van der Waals surface area contributed by atoms with E-state index in [1.54, 1.807) is 13.1 Å². The largest absolute Gasteiger partial charge is 0.492 e. The molecule has 0 aliphatic rings. The van der Waals surface area contributed by atoms with Crippen LogP contribution in [0.15, 0.2) is 134 Å². The molecule has 1 N–H and O–H groups in total. The molecule has 0 saturated heterocycles. The fourth-order valence-electron chi connectivity index (χ4n) is 3.83. The molecule has 9 nitrogen and oxygen atoms in total. The van der Waals surface area contributed by atoms with E-state index in [0.717, 1.165) is 28.7 Å². The van der Waals surface area contributed by atoms with Crippen LogP contribution in [-0.2, 0) is 4.74 Å². The van der Waals surface area contributed by atoms with Crippen LogP contribution in [0.1, 0.15) is 13.8 Å². The van der Waals surface area contributed by atoms with Gasteiger partial charge in [-0.3, -0.25) is 0 Å². The summed E-state index contributed by atoms with van der Waals surface area (Å²) in [5.74, 6) is 5.19. The van der Waals surface area contributed by atoms with E-state index in [1.165, 1.54) is 0 Å². The van der Waals surface area contributed by atoms with E-state index in [0.29, 0.717) is 38.0 Å². The molecule has 1 unspecified atom stereocenters. The minimum atomic E-state index is -0.433. The van der Waals surface area contributed by atoms with E-state index in [9.17, 15) is 4.79 Å². The number of nitrogens with one attached hydrogen (secondary N) is 1. The molecular weight excluding hydrogens is 584 g/mol. The maximum Gasteiger partial charge on any atom is 0.407 e. The number of benzene rings is 4. The van der Waals surface area contributed by atoms with Crippen LogP contribution in [0.2, 0.25) is 0 Å². The number of rotatable bonds is 14. The first-order valence-electron chi connectivity index (χ1n) is 15.0. The summed E-state index contributed by atoms with van der Waals surface area (Å²) in [7, 11) is 0. The molecule has 0 radical (unpaired) electrons. The molecule has 0 saturated carbocycles. The number of pyridine rings is 1. The Morgan fingerprint density at radius 2 is 1.15 bits per heavy atom. The van der Waals surface area contributed by atoms with Gasteiger partial charge in [0, 0.05) is 12.3 Å². The lowest BCUT2D eigenvalue weighted by Crippen LogP contribution is -2.28. The van der Waals surface area contributed by atoms with Gasteiger partial charge in [-0.2, -0.15) is 0 Å². The van der Waals surface area contributed by atoms with Gasteiger partial charge in [0.25, 0.3) is 0 Å². The summed E-state index contributed by atoms with van der Waals surface area (Å²) in [6, 6.07) is 39.6. The second kappa shape index (κ2) is 18.9. The van der Waals surface area contributed by atoms with Crippen molar-refractivity contribution in [3.05, 3.63) is 134 Å². The minimum Gasteiger partial charge on any atom is -0.492 e. The molecular formula is C37H38N2O7. The van der Waals surface area contributed by atoms with Crippen molar-refractivity contribution < 1.29 is 33.2 Å². The molecule has 46 heavy (non-hydrogen) atoms. The van der Waals surface area contributed by atoms with Crippen LogP contribution < -0.4 is 29.0 Å². The number of hydrogen-bond acceptors (Lipinski definition) is 8. The first-order chi connectivity index (χ1) is 22.6. The Labute approximate surface area is 269 Å². The second-order valence-electron chi connectivity index (χ2n) is 9.68. The number of aromatic nitrogens is 1. The van der Waals surface area contributed by atoms with Crippen molar-refractivity contribution in [3.63, 3.8) is 0 Å². The molecule has 1 atom stereocenters. The zero-order valence-electron chi connectivity index (χ0n) is 25.9. The summed E-state index contributed by atoms with van der Waals surface area (Å²) in [6.07, 6.45) is 1.17. The second-order valence-corrected chi connectivity index (χ2v) is 9.68. The third kappa shape index (κ3) is 12.5. The van der Waals surface area contributed by atoms with Gasteiger partial charge >= 0.3 is 6.09 Å². The first kappa shape index (κ1) is 33.2. The predicted molar refractivity (Wildman–Crippen MR) is 176 cm³/mol. The van der Waals surface area contributed by atoms with Gasteiger partial charge in [0.05, 0.1) is 13.2 Å². The Bertz CT molecular complexity index is 1540. The molecule has 238 valence electrons. The van der Waals surface area contributed by atoms with E-state index in [-0.39, 0.29) is 6.10 Å². The maximum atomic E-state index is 11.1. The molecule has 0 aliphatic heterocycles. The lowest BCUT2D eigenvalue weighted by molar-refractivity contribution is 0.138. The number of ether oxygens (including phenoxy) is 6. The summed E-state index contributed by atoms with van der Waals surface area (Å²) in [5, 5.41) is 2.59. The van der Waals surface area contributed by atoms with Crippen LogP contribution in [0.3, 0.4) is 0 Å². The quantitative estimate of drug-likeness (QED) is 0.124. The normalized spacial score (nSPS) is 10.7. The van der Waals surface area contributed by atoms with Gasteiger partial charge < -0.3 is 33.7 Å². The van der Waals surface area contributed by atoms with Crippen molar-refractivity contribution in [1.29, 1.82) is 0 Å². The van der Waals surface area contributed by atoms with Gasteiger partial charge in [-0.1, -0.05) is 42.5 Å². The molecule has 1 heterocycles. The molecule has 0 bridgehead atoms. The Hall–Kier alpha value is -5.70. The summed E-state index contributed by atoms with van der Waals surface area (Å²) >= 11 is 0. The highest BCUT2D eigenvalue weighted by molar-refractivity contribution is 5.66. The topological polar surface area (TPSA) is 97.4 Å². The van der Waals surface area contributed by atoms with Gasteiger partial charge in [0.1, 0.15) is 53.8 Å². The van der Waals surface area contributed by atoms with Gasteiger partial charge in [-0.05, 0) is 92.7 Å². The lowest BCUT2D eigenvalue weighted by atomic mass is 10.3. The molecule has 5 aromatic rings. The van der Waals surface area contributed by atoms with Gasteiger partial charge in [0.2, 0.25) is 5.88 Å². The SMILES string of the molecule is CC(COc1ccc(Oc2ccccc2)cc1)Oc1ccccn1.CCOC(=O)NCCOc1ccc(Oc2ccccc2)cc1. The Morgan fingerprint density at radius 1 is 0.652 bits per heavy atom. The van der Waals surface area contributed by atoms with Crippen LogP contribution in [0.4, 0.5) is 4.79 Å². The summed E-state index contributed by atoms with van der Waals surface area (Å²) < 4.78 is 33.1. The van der Waals surface area contributed by atoms with Crippen LogP contribution >= 0.6 is 0 Å². The fourth-order valence-corrected chi connectivity index (χ4v) is 3.83. The Morgan fingerprint density at radius 3 is 1.67 bits per heavy atom. The van der Waals surface area contributed by atoms with Gasteiger partial charge in [0.15, 0.2) is 0 Å². The zero-order chi connectivity index (χ0) is 32.2. The van der Waals surface area contributed by atoms with Crippen molar-refractivity contribution in [2.45, 2.75) is 20.0 Å². The molecule has 5 rings (SSSR count). The van der Waals surface area contributed by atoms with E-state index >= 15 is 0 Å². The smallest absolute Gasteiger partial charge is 0.407 e. The van der Waals surface area contributed by atoms with Crippen LogP contribution in [0.25, 0.3) is 0 Å². The van der Waals surface area contributed by atoms with E-state index in [1.807, 2.05) is 134 Å². The highest BCUT2D eigenvalue weighted by Gasteiger charge is 2.06.